The summed E-state index contributed by atoms with van der Waals surface area (Å²) in [5.74, 6) is 0.361. The van der Waals surface area contributed by atoms with Crippen molar-refractivity contribution in [2.45, 2.75) is 25.4 Å². The number of hydrogen-bond donors (Lipinski definition) is 0. The number of fused-ring (bicyclic) bond motifs is 4. The fourth-order valence-electron chi connectivity index (χ4n) is 9.93. The molecule has 0 spiro atoms. The molecule has 292 valence electrons. The molecule has 0 N–H and O–H groups in total. The van der Waals surface area contributed by atoms with E-state index < -0.39 is 0 Å². The highest BCUT2D eigenvalue weighted by atomic mass is 15.2. The van der Waals surface area contributed by atoms with Gasteiger partial charge in [-0.3, -0.25) is 0 Å². The van der Waals surface area contributed by atoms with Crippen molar-refractivity contribution in [3.05, 3.63) is 236 Å². The second kappa shape index (κ2) is 15.6. The molecule has 3 unspecified atom stereocenters. The van der Waals surface area contributed by atoms with Gasteiger partial charge in [-0.1, -0.05) is 177 Å². The summed E-state index contributed by atoms with van der Waals surface area (Å²) in [5.41, 5.74) is 12.4. The lowest BCUT2D eigenvalue weighted by Gasteiger charge is -2.42. The molecule has 2 heteroatoms. The van der Waals surface area contributed by atoms with E-state index in [4.69, 9.17) is 0 Å². The van der Waals surface area contributed by atoms with Crippen molar-refractivity contribution in [1.29, 1.82) is 0 Å². The quantitative estimate of drug-likeness (QED) is 0.151. The Morgan fingerprint density at radius 2 is 0.967 bits per heavy atom. The van der Waals surface area contributed by atoms with Gasteiger partial charge in [0, 0.05) is 22.7 Å². The van der Waals surface area contributed by atoms with E-state index in [1.54, 1.807) is 0 Å². The molecule has 0 aliphatic heterocycles. The van der Waals surface area contributed by atoms with Gasteiger partial charge in [0.25, 0.3) is 0 Å². The lowest BCUT2D eigenvalue weighted by molar-refractivity contribution is 0.524. The Labute approximate surface area is 358 Å². The fourth-order valence-corrected chi connectivity index (χ4v) is 9.93. The summed E-state index contributed by atoms with van der Waals surface area (Å²) in [5, 5.41) is 7.49. The van der Waals surface area contributed by atoms with Gasteiger partial charge in [0.05, 0.1) is 12.1 Å². The van der Waals surface area contributed by atoms with Gasteiger partial charge in [0.1, 0.15) is 0 Å². The molecule has 0 aromatic heterocycles. The van der Waals surface area contributed by atoms with E-state index in [1.807, 2.05) is 0 Å². The largest absolute Gasteiger partial charge is 0.358 e. The first-order valence-electron chi connectivity index (χ1n) is 21.6. The van der Waals surface area contributed by atoms with Gasteiger partial charge in [-0.15, -0.1) is 0 Å². The second-order valence-corrected chi connectivity index (χ2v) is 16.5. The molecule has 0 fully saturated rings. The molecular formula is C59H46N2. The summed E-state index contributed by atoms with van der Waals surface area (Å²) in [6.45, 7) is 2.35. The van der Waals surface area contributed by atoms with Crippen LogP contribution in [0.15, 0.2) is 225 Å². The molecule has 2 aliphatic carbocycles. The molecule has 61 heavy (non-hydrogen) atoms. The van der Waals surface area contributed by atoms with E-state index in [9.17, 15) is 0 Å². The number of hydrogen-bond acceptors (Lipinski definition) is 2. The lowest BCUT2D eigenvalue weighted by Crippen LogP contribution is -2.46. The molecule has 9 aromatic carbocycles. The third-order valence-electron chi connectivity index (χ3n) is 12.8. The van der Waals surface area contributed by atoms with Crippen LogP contribution in [0, 0.1) is 5.92 Å². The van der Waals surface area contributed by atoms with Crippen LogP contribution < -0.4 is 9.80 Å². The Balaban J connectivity index is 1.21. The van der Waals surface area contributed by atoms with Gasteiger partial charge >= 0.3 is 0 Å². The Hall–Kier alpha value is -7.42. The molecule has 0 heterocycles. The zero-order valence-electron chi connectivity index (χ0n) is 34.3. The normalized spacial score (nSPS) is 16.8. The van der Waals surface area contributed by atoms with Gasteiger partial charge in [0.15, 0.2) is 0 Å². The second-order valence-electron chi connectivity index (χ2n) is 16.5. The van der Waals surface area contributed by atoms with Gasteiger partial charge < -0.3 is 9.80 Å². The number of para-hydroxylation sites is 3. The van der Waals surface area contributed by atoms with Crippen LogP contribution in [0.5, 0.6) is 0 Å². The Bertz CT molecular complexity index is 3100. The summed E-state index contributed by atoms with van der Waals surface area (Å²) in [6, 6.07) is 71.6. The molecule has 2 aliphatic rings. The van der Waals surface area contributed by atoms with E-state index in [1.165, 1.54) is 71.4 Å². The van der Waals surface area contributed by atoms with Crippen molar-refractivity contribution in [3.8, 4) is 22.3 Å². The summed E-state index contributed by atoms with van der Waals surface area (Å²) in [4.78, 5) is 5.05. The minimum Gasteiger partial charge on any atom is -0.358 e. The molecule has 0 saturated heterocycles. The van der Waals surface area contributed by atoms with Crippen molar-refractivity contribution in [3.63, 3.8) is 0 Å². The van der Waals surface area contributed by atoms with Crippen LogP contribution >= 0.6 is 0 Å². The zero-order valence-corrected chi connectivity index (χ0v) is 34.3. The van der Waals surface area contributed by atoms with E-state index >= 15 is 0 Å². The number of nitrogens with zero attached hydrogens (tertiary/aromatic N) is 2. The predicted octanol–water partition coefficient (Wildman–Crippen LogP) is 15.5. The molecule has 0 saturated carbocycles. The maximum atomic E-state index is 2.66. The monoisotopic (exact) mass is 782 g/mol. The van der Waals surface area contributed by atoms with E-state index in [-0.39, 0.29) is 12.1 Å². The van der Waals surface area contributed by atoms with E-state index in [0.29, 0.717) is 5.92 Å². The third-order valence-corrected chi connectivity index (χ3v) is 12.8. The molecule has 9 aromatic rings. The van der Waals surface area contributed by atoms with Crippen LogP contribution in [0.2, 0.25) is 0 Å². The summed E-state index contributed by atoms with van der Waals surface area (Å²) in [7, 11) is 0. The fraction of sp³-hybridized carbons (Fsp3) is 0.0847. The highest BCUT2D eigenvalue weighted by Crippen LogP contribution is 2.48. The summed E-state index contributed by atoms with van der Waals surface area (Å²) >= 11 is 0. The van der Waals surface area contributed by atoms with E-state index in [2.05, 4.69) is 247 Å². The molecule has 2 nitrogen and oxygen atoms in total. The smallest absolute Gasteiger partial charge is 0.0542 e. The molecule has 0 amide bonds. The number of benzene rings is 9. The van der Waals surface area contributed by atoms with Gasteiger partial charge in [-0.2, -0.15) is 0 Å². The maximum absolute atomic E-state index is 2.66. The predicted molar refractivity (Wildman–Crippen MR) is 261 cm³/mol. The molecule has 11 rings (SSSR count). The first-order valence-corrected chi connectivity index (χ1v) is 21.6. The lowest BCUT2D eigenvalue weighted by atomic mass is 9.78. The number of allylic oxidation sites excluding steroid dienone is 2. The van der Waals surface area contributed by atoms with Crippen LogP contribution in [-0.4, -0.2) is 12.1 Å². The van der Waals surface area contributed by atoms with Crippen LogP contribution in [0.4, 0.5) is 22.7 Å². The standard InChI is InChI=1S/C59H46N2/c1-41-17-11-16-28-57(41)61(50-26-9-4-10-27-50)52-34-36-54-56(40-52)59(47-32-30-43-19-13-15-21-45(43)38-47)53-35-33-51(60(48-22-5-2-6-23-48)49-24-7-3-8-25-49)39-55(53)58(54)46-31-29-42-18-12-14-20-44(42)37-46/h2-39,41,52,57H,40H2,1H3. The van der Waals surface area contributed by atoms with Crippen LogP contribution in [0.25, 0.3) is 60.6 Å². The minimum atomic E-state index is 0.130. The SMILES string of the molecule is CC1C=CC=CC1N(c1ccccc1)C1C=Cc2c(c(-c3ccc4ccccc4c3)c3ccc(N(c4ccccc4)c4ccccc4)cc3c2-c2ccc3ccccc3c2)C1. The van der Waals surface area contributed by atoms with Crippen molar-refractivity contribution >= 4 is 61.1 Å². The third kappa shape index (κ3) is 6.71. The van der Waals surface area contributed by atoms with Crippen molar-refractivity contribution in [1.82, 2.24) is 0 Å². The van der Waals surface area contributed by atoms with Gasteiger partial charge in [0.2, 0.25) is 0 Å². The van der Waals surface area contributed by atoms with Gasteiger partial charge in [-0.05, 0) is 139 Å². The number of rotatable bonds is 8. The minimum absolute atomic E-state index is 0.130. The molecule has 0 bridgehead atoms. The maximum Gasteiger partial charge on any atom is 0.0542 e. The first kappa shape index (κ1) is 36.6. The van der Waals surface area contributed by atoms with Crippen LogP contribution in [0.3, 0.4) is 0 Å². The topological polar surface area (TPSA) is 6.48 Å². The molecule has 0 radical (unpaired) electrons. The van der Waals surface area contributed by atoms with Crippen molar-refractivity contribution in [2.75, 3.05) is 9.80 Å². The molecule has 3 atom stereocenters. The first-order chi connectivity index (χ1) is 30.2. The Kier molecular flexibility index (Phi) is 9.39. The number of anilines is 4. The average molecular weight is 783 g/mol. The average Bonchev–Trinajstić information content (AvgIpc) is 3.32. The Morgan fingerprint density at radius 3 is 1.57 bits per heavy atom. The van der Waals surface area contributed by atoms with Crippen LogP contribution in [0.1, 0.15) is 18.1 Å². The molecular weight excluding hydrogens is 737 g/mol. The van der Waals surface area contributed by atoms with Gasteiger partial charge in [-0.25, -0.2) is 0 Å². The summed E-state index contributed by atoms with van der Waals surface area (Å²) in [6.07, 6.45) is 15.0. The van der Waals surface area contributed by atoms with E-state index in [0.717, 1.165) is 23.5 Å². The van der Waals surface area contributed by atoms with Crippen molar-refractivity contribution in [2.24, 2.45) is 5.92 Å². The highest BCUT2D eigenvalue weighted by molar-refractivity contribution is 6.13. The Morgan fingerprint density at radius 1 is 0.426 bits per heavy atom. The zero-order chi connectivity index (χ0) is 40.7. The van der Waals surface area contributed by atoms with Crippen LogP contribution in [-0.2, 0) is 6.42 Å². The summed E-state index contributed by atoms with van der Waals surface area (Å²) < 4.78 is 0. The highest BCUT2D eigenvalue weighted by Gasteiger charge is 2.33. The van der Waals surface area contributed by atoms with Crippen molar-refractivity contribution < 1.29 is 0 Å².